The quantitative estimate of drug-likeness (QED) is 0.839. The summed E-state index contributed by atoms with van der Waals surface area (Å²) in [5.74, 6) is -0.685. The van der Waals surface area contributed by atoms with Crippen molar-refractivity contribution < 1.29 is 23.1 Å². The number of fused-ring (bicyclic) bond motifs is 1. The Morgan fingerprint density at radius 3 is 2.77 bits per heavy atom. The minimum atomic E-state index is -4.42. The van der Waals surface area contributed by atoms with Crippen LogP contribution in [0, 0.1) is 0 Å². The van der Waals surface area contributed by atoms with E-state index in [1.54, 1.807) is 4.90 Å². The summed E-state index contributed by atoms with van der Waals surface area (Å²) in [6, 6.07) is 7.77. The van der Waals surface area contributed by atoms with Crippen molar-refractivity contribution in [1.82, 2.24) is 10.2 Å². The molecule has 0 fully saturated rings. The molecule has 1 atom stereocenters. The number of nitrogens with zero attached hydrogens (tertiary/aromatic N) is 1. The molecule has 22 heavy (non-hydrogen) atoms. The fraction of sp³-hybridized carbons (Fsp3) is 0.533. The van der Waals surface area contributed by atoms with E-state index in [9.17, 15) is 18.0 Å². The number of aryl methyl sites for hydroxylation is 1. The van der Waals surface area contributed by atoms with Crippen molar-refractivity contribution in [1.29, 1.82) is 0 Å². The Kier molecular flexibility index (Phi) is 5.42. The van der Waals surface area contributed by atoms with Crippen molar-refractivity contribution in [2.24, 2.45) is 0 Å². The number of benzene rings is 1. The van der Waals surface area contributed by atoms with Gasteiger partial charge in [-0.3, -0.25) is 9.69 Å². The van der Waals surface area contributed by atoms with E-state index in [1.165, 1.54) is 5.56 Å². The van der Waals surface area contributed by atoms with Crippen molar-refractivity contribution in [2.45, 2.75) is 25.1 Å². The molecule has 0 saturated heterocycles. The minimum Gasteiger partial charge on any atom is -0.395 e. The molecule has 1 amide bonds. The molecule has 1 aromatic carbocycles. The van der Waals surface area contributed by atoms with Crippen molar-refractivity contribution in [2.75, 3.05) is 26.2 Å². The lowest BCUT2D eigenvalue weighted by Crippen LogP contribution is -2.43. The highest BCUT2D eigenvalue weighted by Gasteiger charge is 2.31. The molecule has 1 aromatic rings. The normalized spacial score (nSPS) is 17.6. The topological polar surface area (TPSA) is 52.6 Å². The number of hydrogen-bond donors (Lipinski definition) is 2. The number of aliphatic hydroxyl groups is 1. The fourth-order valence-electron chi connectivity index (χ4n) is 2.83. The number of halogens is 3. The third-order valence-corrected chi connectivity index (χ3v) is 3.76. The second kappa shape index (κ2) is 7.11. The van der Waals surface area contributed by atoms with E-state index in [0.29, 0.717) is 0 Å². The zero-order valence-corrected chi connectivity index (χ0v) is 12.1. The number of aliphatic hydroxyl groups excluding tert-OH is 1. The summed E-state index contributed by atoms with van der Waals surface area (Å²) in [6.45, 7) is -1.39. The van der Waals surface area contributed by atoms with Gasteiger partial charge >= 0.3 is 6.18 Å². The molecule has 4 nitrogen and oxygen atoms in total. The maximum absolute atomic E-state index is 12.1. The zero-order valence-electron chi connectivity index (χ0n) is 12.1. The monoisotopic (exact) mass is 316 g/mol. The number of carbonyl (C=O) groups is 1. The van der Waals surface area contributed by atoms with Gasteiger partial charge in [-0.2, -0.15) is 13.2 Å². The molecule has 0 aliphatic heterocycles. The summed E-state index contributed by atoms with van der Waals surface area (Å²) in [4.78, 5) is 13.4. The van der Waals surface area contributed by atoms with Crippen LogP contribution in [0.2, 0.25) is 0 Å². The molecule has 0 radical (unpaired) electrons. The van der Waals surface area contributed by atoms with Crippen LogP contribution in [0.1, 0.15) is 23.6 Å². The number of nitrogens with one attached hydrogen (secondary N) is 1. The van der Waals surface area contributed by atoms with Crippen LogP contribution in [0.3, 0.4) is 0 Å². The van der Waals surface area contributed by atoms with Gasteiger partial charge in [-0.25, -0.2) is 0 Å². The van der Waals surface area contributed by atoms with Gasteiger partial charge in [-0.15, -0.1) is 0 Å². The molecule has 0 spiro atoms. The van der Waals surface area contributed by atoms with E-state index in [0.717, 1.165) is 18.4 Å². The molecule has 122 valence electrons. The van der Waals surface area contributed by atoms with Crippen LogP contribution in [-0.4, -0.2) is 48.3 Å². The Labute approximate surface area is 126 Å². The summed E-state index contributed by atoms with van der Waals surface area (Å²) in [5.41, 5.74) is 2.27. The zero-order chi connectivity index (χ0) is 16.2. The Hall–Kier alpha value is -1.60. The SMILES string of the molecule is O=C(CN(CCO)[C@@H]1CCc2ccccc21)NCC(F)(F)F. The molecule has 0 heterocycles. The molecular weight excluding hydrogens is 297 g/mol. The van der Waals surface area contributed by atoms with Crippen molar-refractivity contribution in [3.05, 3.63) is 35.4 Å². The summed E-state index contributed by atoms with van der Waals surface area (Å²) < 4.78 is 36.4. The predicted molar refractivity (Wildman–Crippen MR) is 75.2 cm³/mol. The molecule has 2 N–H and O–H groups in total. The number of carbonyl (C=O) groups excluding carboxylic acids is 1. The lowest BCUT2D eigenvalue weighted by Gasteiger charge is -2.28. The van der Waals surface area contributed by atoms with Crippen molar-refractivity contribution in [3.63, 3.8) is 0 Å². The predicted octanol–water partition coefficient (Wildman–Crippen LogP) is 1.65. The van der Waals surface area contributed by atoms with Crippen molar-refractivity contribution >= 4 is 5.91 Å². The van der Waals surface area contributed by atoms with Crippen LogP contribution in [0.5, 0.6) is 0 Å². The summed E-state index contributed by atoms with van der Waals surface area (Å²) in [6.07, 6.45) is -2.75. The van der Waals surface area contributed by atoms with E-state index in [1.807, 2.05) is 29.6 Å². The number of amides is 1. The summed E-state index contributed by atoms with van der Waals surface area (Å²) in [7, 11) is 0. The van der Waals surface area contributed by atoms with Crippen LogP contribution >= 0.6 is 0 Å². The Morgan fingerprint density at radius 2 is 2.09 bits per heavy atom. The van der Waals surface area contributed by atoms with Crippen molar-refractivity contribution in [3.8, 4) is 0 Å². The minimum absolute atomic E-state index is 0.0417. The second-order valence-corrected chi connectivity index (χ2v) is 5.34. The van der Waals surface area contributed by atoms with Crippen LogP contribution in [-0.2, 0) is 11.2 Å². The van der Waals surface area contributed by atoms with E-state index in [4.69, 9.17) is 5.11 Å². The Balaban J connectivity index is 2.00. The summed E-state index contributed by atoms with van der Waals surface area (Å²) >= 11 is 0. The first-order chi connectivity index (χ1) is 10.4. The van der Waals surface area contributed by atoms with Gasteiger partial charge in [0.1, 0.15) is 6.54 Å². The maximum atomic E-state index is 12.1. The molecule has 1 aliphatic carbocycles. The maximum Gasteiger partial charge on any atom is 0.405 e. The summed E-state index contributed by atoms with van der Waals surface area (Å²) in [5, 5.41) is 11.0. The Morgan fingerprint density at radius 1 is 1.36 bits per heavy atom. The first-order valence-electron chi connectivity index (χ1n) is 7.17. The largest absolute Gasteiger partial charge is 0.405 e. The van der Waals surface area contributed by atoms with Gasteiger partial charge in [0.25, 0.3) is 0 Å². The first-order valence-corrected chi connectivity index (χ1v) is 7.17. The standard InChI is InChI=1S/C15H19F3N2O2/c16-15(17,18)10-19-14(22)9-20(7-8-21)13-6-5-11-3-1-2-4-12(11)13/h1-4,13,21H,5-10H2,(H,19,22)/t13-/m1/s1. The molecule has 7 heteroatoms. The smallest absolute Gasteiger partial charge is 0.395 e. The molecule has 2 rings (SSSR count). The highest BCUT2D eigenvalue weighted by molar-refractivity contribution is 5.78. The average molecular weight is 316 g/mol. The van der Waals surface area contributed by atoms with Gasteiger partial charge in [0.15, 0.2) is 0 Å². The first kappa shape index (κ1) is 16.8. The second-order valence-electron chi connectivity index (χ2n) is 5.34. The Bertz CT molecular complexity index is 520. The highest BCUT2D eigenvalue weighted by atomic mass is 19.4. The van der Waals surface area contributed by atoms with Crippen LogP contribution in [0.15, 0.2) is 24.3 Å². The van der Waals surface area contributed by atoms with Gasteiger partial charge in [0.2, 0.25) is 5.91 Å². The average Bonchev–Trinajstić information content (AvgIpc) is 2.88. The lowest BCUT2D eigenvalue weighted by atomic mass is 10.1. The molecular formula is C15H19F3N2O2. The number of alkyl halides is 3. The van der Waals surface area contributed by atoms with E-state index in [-0.39, 0.29) is 25.7 Å². The van der Waals surface area contributed by atoms with Gasteiger partial charge in [0.05, 0.1) is 13.2 Å². The van der Waals surface area contributed by atoms with Crippen LogP contribution in [0.25, 0.3) is 0 Å². The van der Waals surface area contributed by atoms with E-state index in [2.05, 4.69) is 0 Å². The molecule has 0 bridgehead atoms. The third-order valence-electron chi connectivity index (χ3n) is 3.76. The molecule has 0 unspecified atom stereocenters. The number of rotatable bonds is 6. The van der Waals surface area contributed by atoms with Gasteiger partial charge in [0, 0.05) is 12.6 Å². The molecule has 0 aromatic heterocycles. The highest BCUT2D eigenvalue weighted by Crippen LogP contribution is 2.35. The van der Waals surface area contributed by atoms with E-state index < -0.39 is 18.6 Å². The van der Waals surface area contributed by atoms with Gasteiger partial charge in [-0.1, -0.05) is 24.3 Å². The van der Waals surface area contributed by atoms with Crippen LogP contribution < -0.4 is 5.32 Å². The molecule has 0 saturated carbocycles. The van der Waals surface area contributed by atoms with Gasteiger partial charge < -0.3 is 10.4 Å². The van der Waals surface area contributed by atoms with E-state index >= 15 is 0 Å². The fourth-order valence-corrected chi connectivity index (χ4v) is 2.83. The van der Waals surface area contributed by atoms with Crippen LogP contribution in [0.4, 0.5) is 13.2 Å². The number of hydrogen-bond acceptors (Lipinski definition) is 3. The third kappa shape index (κ3) is 4.45. The lowest BCUT2D eigenvalue weighted by molar-refractivity contribution is -0.139. The molecule has 1 aliphatic rings. The van der Waals surface area contributed by atoms with Gasteiger partial charge in [-0.05, 0) is 24.0 Å².